The molecule has 1 fully saturated rings. The summed E-state index contributed by atoms with van der Waals surface area (Å²) in [5, 5.41) is 8.69. The zero-order valence-corrected chi connectivity index (χ0v) is 13.5. The first kappa shape index (κ1) is 17.7. The van der Waals surface area contributed by atoms with Gasteiger partial charge in [-0.05, 0) is 30.0 Å². The first-order chi connectivity index (χ1) is 10.6. The van der Waals surface area contributed by atoms with Crippen LogP contribution < -0.4 is 4.31 Å². The van der Waals surface area contributed by atoms with Crippen molar-refractivity contribution in [2.75, 3.05) is 17.1 Å². The van der Waals surface area contributed by atoms with Crippen LogP contribution in [0.4, 0.5) is 14.5 Å². The van der Waals surface area contributed by atoms with Gasteiger partial charge in [-0.3, -0.25) is 9.10 Å². The first-order valence-corrected chi connectivity index (χ1v) is 8.85. The fraction of sp³-hybridized carbons (Fsp3) is 0.533. The van der Waals surface area contributed by atoms with Crippen molar-refractivity contribution in [3.05, 3.63) is 29.8 Å². The van der Waals surface area contributed by atoms with Crippen LogP contribution in [0.3, 0.4) is 0 Å². The molecule has 0 radical (unpaired) electrons. The Kier molecular flexibility index (Phi) is 4.93. The smallest absolute Gasteiger partial charge is 0.303 e. The molecule has 128 valence electrons. The number of benzene rings is 1. The number of hydrogen-bond donors (Lipinski definition) is 1. The lowest BCUT2D eigenvalue weighted by atomic mass is 9.83. The molecule has 23 heavy (non-hydrogen) atoms. The van der Waals surface area contributed by atoms with Crippen molar-refractivity contribution in [2.24, 2.45) is 5.92 Å². The van der Waals surface area contributed by atoms with Crippen molar-refractivity contribution in [1.82, 2.24) is 0 Å². The zero-order valence-electron chi connectivity index (χ0n) is 12.7. The summed E-state index contributed by atoms with van der Waals surface area (Å²) in [6.07, 6.45) is -0.527. The summed E-state index contributed by atoms with van der Waals surface area (Å²) >= 11 is 0. The molecule has 0 bridgehead atoms. The maximum absolute atomic E-state index is 12.8. The SMILES string of the molecule is CN(c1cccc(CCC(=O)O)c1)S(=O)(=O)CC1CC(F)(F)C1. The van der Waals surface area contributed by atoms with E-state index in [0.717, 1.165) is 4.31 Å². The van der Waals surface area contributed by atoms with Crippen LogP contribution in [0.15, 0.2) is 24.3 Å². The summed E-state index contributed by atoms with van der Waals surface area (Å²) in [6, 6.07) is 6.57. The topological polar surface area (TPSA) is 74.7 Å². The van der Waals surface area contributed by atoms with Crippen molar-refractivity contribution in [2.45, 2.75) is 31.6 Å². The molecule has 0 unspecified atom stereocenters. The number of aryl methyl sites for hydroxylation is 1. The number of hydrogen-bond acceptors (Lipinski definition) is 3. The molecule has 1 aliphatic carbocycles. The highest BCUT2D eigenvalue weighted by Crippen LogP contribution is 2.43. The highest BCUT2D eigenvalue weighted by atomic mass is 32.2. The van der Waals surface area contributed by atoms with E-state index in [9.17, 15) is 22.0 Å². The maximum atomic E-state index is 12.8. The predicted octanol–water partition coefficient (Wildman–Crippen LogP) is 2.52. The van der Waals surface area contributed by atoms with Gasteiger partial charge in [0.05, 0.1) is 11.4 Å². The van der Waals surface area contributed by atoms with Crippen LogP contribution >= 0.6 is 0 Å². The van der Waals surface area contributed by atoms with Gasteiger partial charge in [-0.2, -0.15) is 0 Å². The van der Waals surface area contributed by atoms with Gasteiger partial charge in [-0.25, -0.2) is 17.2 Å². The minimum absolute atomic E-state index is 0.0446. The predicted molar refractivity (Wildman–Crippen MR) is 82.3 cm³/mol. The second kappa shape index (κ2) is 6.43. The number of nitrogens with zero attached hydrogens (tertiary/aromatic N) is 1. The Morgan fingerprint density at radius 3 is 2.61 bits per heavy atom. The van der Waals surface area contributed by atoms with E-state index >= 15 is 0 Å². The monoisotopic (exact) mass is 347 g/mol. The van der Waals surface area contributed by atoms with Gasteiger partial charge >= 0.3 is 5.97 Å². The molecule has 1 aromatic carbocycles. The van der Waals surface area contributed by atoms with Gasteiger partial charge in [0, 0.05) is 26.3 Å². The highest BCUT2D eigenvalue weighted by molar-refractivity contribution is 7.92. The van der Waals surface area contributed by atoms with E-state index in [-0.39, 0.29) is 12.2 Å². The number of halogens is 2. The number of carboxylic acids is 1. The van der Waals surface area contributed by atoms with Crippen molar-refractivity contribution in [3.8, 4) is 0 Å². The molecule has 0 aliphatic heterocycles. The molecule has 2 rings (SSSR count). The van der Waals surface area contributed by atoms with Crippen molar-refractivity contribution < 1.29 is 27.1 Å². The standard InChI is InChI=1S/C15H19F2NO4S/c1-18(23(21,22)10-12-8-15(16,17)9-12)13-4-2-3-11(7-13)5-6-14(19)20/h2-4,7,12H,5-6,8-10H2,1H3,(H,19,20). The quantitative estimate of drug-likeness (QED) is 0.822. The average Bonchev–Trinajstić information content (AvgIpc) is 2.42. The normalized spacial score (nSPS) is 17.5. The summed E-state index contributed by atoms with van der Waals surface area (Å²) in [5.74, 6) is -4.50. The van der Waals surface area contributed by atoms with Crippen LogP contribution in [0.5, 0.6) is 0 Å². The third kappa shape index (κ3) is 4.63. The number of alkyl halides is 2. The van der Waals surface area contributed by atoms with E-state index in [1.165, 1.54) is 7.05 Å². The van der Waals surface area contributed by atoms with Gasteiger partial charge in [-0.1, -0.05) is 12.1 Å². The van der Waals surface area contributed by atoms with Crippen LogP contribution in [0, 0.1) is 5.92 Å². The second-order valence-corrected chi connectivity index (χ2v) is 7.98. The average molecular weight is 347 g/mol. The lowest BCUT2D eigenvalue weighted by Crippen LogP contribution is -2.42. The van der Waals surface area contributed by atoms with Crippen LogP contribution in [-0.2, 0) is 21.2 Å². The number of carbonyl (C=O) groups is 1. The van der Waals surface area contributed by atoms with Crippen molar-refractivity contribution in [3.63, 3.8) is 0 Å². The summed E-state index contributed by atoms with van der Waals surface area (Å²) in [4.78, 5) is 10.6. The van der Waals surface area contributed by atoms with E-state index in [0.29, 0.717) is 17.7 Å². The Bertz CT molecular complexity index is 682. The molecule has 1 N–H and O–H groups in total. The summed E-state index contributed by atoms with van der Waals surface area (Å²) in [5.41, 5.74) is 1.11. The Balaban J connectivity index is 2.05. The molecule has 1 saturated carbocycles. The third-order valence-electron chi connectivity index (χ3n) is 3.94. The number of anilines is 1. The molecule has 0 heterocycles. The molecule has 0 amide bonds. The van der Waals surface area contributed by atoms with Gasteiger partial charge < -0.3 is 5.11 Å². The molecule has 0 spiro atoms. The van der Waals surface area contributed by atoms with Crippen molar-refractivity contribution in [1.29, 1.82) is 0 Å². The Labute approximate surface area is 134 Å². The number of carboxylic acid groups (broad SMARTS) is 1. The second-order valence-electron chi connectivity index (χ2n) is 5.94. The van der Waals surface area contributed by atoms with E-state index in [2.05, 4.69) is 0 Å². The van der Waals surface area contributed by atoms with E-state index in [1.807, 2.05) is 0 Å². The fourth-order valence-electron chi connectivity index (χ4n) is 2.63. The summed E-state index contributed by atoms with van der Waals surface area (Å²) in [7, 11) is -2.31. The minimum Gasteiger partial charge on any atom is -0.481 e. The molecule has 5 nitrogen and oxygen atoms in total. The molecule has 0 atom stereocenters. The van der Waals surface area contributed by atoms with Crippen LogP contribution in [0.1, 0.15) is 24.8 Å². The highest BCUT2D eigenvalue weighted by Gasteiger charge is 2.47. The van der Waals surface area contributed by atoms with Crippen molar-refractivity contribution >= 4 is 21.7 Å². The lowest BCUT2D eigenvalue weighted by Gasteiger charge is -2.35. The van der Waals surface area contributed by atoms with Gasteiger partial charge in [-0.15, -0.1) is 0 Å². The van der Waals surface area contributed by atoms with E-state index in [1.54, 1.807) is 24.3 Å². The van der Waals surface area contributed by atoms with Gasteiger partial charge in [0.25, 0.3) is 0 Å². The zero-order chi connectivity index (χ0) is 17.3. The molecule has 1 aliphatic rings. The molecular weight excluding hydrogens is 328 g/mol. The molecule has 0 aromatic heterocycles. The lowest BCUT2D eigenvalue weighted by molar-refractivity contribution is -0.136. The van der Waals surface area contributed by atoms with Crippen LogP contribution in [0.25, 0.3) is 0 Å². The molecule has 0 saturated heterocycles. The first-order valence-electron chi connectivity index (χ1n) is 7.24. The van der Waals surface area contributed by atoms with Gasteiger partial charge in [0.15, 0.2) is 0 Å². The fourth-order valence-corrected chi connectivity index (χ4v) is 4.12. The van der Waals surface area contributed by atoms with Crippen LogP contribution in [-0.4, -0.2) is 38.2 Å². The van der Waals surface area contributed by atoms with Crippen LogP contribution in [0.2, 0.25) is 0 Å². The summed E-state index contributed by atoms with van der Waals surface area (Å²) in [6.45, 7) is 0. The molecular formula is C15H19F2NO4S. The molecule has 8 heteroatoms. The number of aliphatic carboxylic acids is 1. The summed E-state index contributed by atoms with van der Waals surface area (Å²) < 4.78 is 51.4. The number of rotatable bonds is 7. The Morgan fingerprint density at radius 1 is 1.39 bits per heavy atom. The number of sulfonamides is 1. The third-order valence-corrected chi connectivity index (χ3v) is 5.88. The van der Waals surface area contributed by atoms with E-state index < -0.39 is 40.7 Å². The largest absolute Gasteiger partial charge is 0.481 e. The van der Waals surface area contributed by atoms with Gasteiger partial charge in [0.2, 0.25) is 15.9 Å². The molecule has 1 aromatic rings. The Morgan fingerprint density at radius 2 is 2.04 bits per heavy atom. The maximum Gasteiger partial charge on any atom is 0.303 e. The minimum atomic E-state index is -3.69. The van der Waals surface area contributed by atoms with E-state index in [4.69, 9.17) is 5.11 Å². The van der Waals surface area contributed by atoms with Gasteiger partial charge in [0.1, 0.15) is 0 Å². The Hall–Kier alpha value is -1.70.